The molecule has 34 heavy (non-hydrogen) atoms. The molecule has 164 valence electrons. The fraction of sp³-hybridized carbons (Fsp3) is 0.600. The number of hydrogen-bond acceptors (Lipinski definition) is 14. The molecule has 24 heteroatoms. The van der Waals surface area contributed by atoms with E-state index in [2.05, 4.69) is 19.4 Å². The van der Waals surface area contributed by atoms with Crippen LogP contribution in [0.4, 0.5) is 0 Å². The first kappa shape index (κ1) is 47.4. The summed E-state index contributed by atoms with van der Waals surface area (Å²) in [4.78, 5) is 65.3. The van der Waals surface area contributed by atoms with Gasteiger partial charge in [0.2, 0.25) is 0 Å². The molecule has 0 aromatic carbocycles. The molecule has 2 atom stereocenters. The van der Waals surface area contributed by atoms with Gasteiger partial charge in [-0.05, 0) is 0 Å². The van der Waals surface area contributed by atoms with Crippen molar-refractivity contribution in [3.05, 3.63) is 0 Å². The van der Waals surface area contributed by atoms with Gasteiger partial charge in [0, 0.05) is 188 Å². The van der Waals surface area contributed by atoms with Crippen LogP contribution in [0.25, 0.3) is 0 Å². The topological polar surface area (TPSA) is 220 Å². The second-order valence-electron chi connectivity index (χ2n) is 5.28. The molecular weight excluding hydrogens is 574 g/mol. The summed E-state index contributed by atoms with van der Waals surface area (Å²) in [7, 11) is -10.4. The molecule has 2 saturated heterocycles. The molecule has 2 bridgehead atoms. The van der Waals surface area contributed by atoms with Gasteiger partial charge in [-0.15, -0.1) is 0 Å². The number of hydrogen-bond donors (Lipinski definition) is 2. The molecule has 0 saturated carbocycles. The molecule has 0 spiro atoms. The molecule has 2 aliphatic heterocycles. The van der Waals surface area contributed by atoms with E-state index in [1.165, 1.54) is 0 Å². The molecule has 2 aliphatic rings. The molecule has 6 radical (unpaired) electrons. The summed E-state index contributed by atoms with van der Waals surface area (Å²) in [6.45, 7) is -1.35. The number of rotatable bonds is 2. The zero-order valence-electron chi connectivity index (χ0n) is 19.5. The number of hydroxylamine groups is 4. The van der Waals surface area contributed by atoms with Crippen molar-refractivity contribution in [1.29, 1.82) is 0 Å². The number of fused-ring (bicyclic) bond motifs is 3. The van der Waals surface area contributed by atoms with Crippen LogP contribution in [-0.2, 0) is 58.8 Å². The van der Waals surface area contributed by atoms with Gasteiger partial charge in [-0.3, -0.25) is 18.7 Å². The first-order valence-electron chi connectivity index (χ1n) is 7.10. The quantitative estimate of drug-likeness (QED) is 0.228. The largest absolute Gasteiger partial charge is 0.350 e. The maximum absolute atomic E-state index is 11.9. The summed E-state index contributed by atoms with van der Waals surface area (Å²) in [6.07, 6.45) is -2.53. The Hall–Kier alpha value is 3.62. The Kier molecular flexibility index (Phi) is 28.6. The van der Waals surface area contributed by atoms with E-state index in [0.29, 0.717) is 0 Å². The van der Waals surface area contributed by atoms with Crippen LogP contribution in [0, 0.1) is 0 Å². The van der Waals surface area contributed by atoms with Gasteiger partial charge < -0.3 is 19.4 Å². The first-order valence-corrected chi connectivity index (χ1v) is 10.1. The van der Waals surface area contributed by atoms with Crippen molar-refractivity contribution in [3.8, 4) is 0 Å². The van der Waals surface area contributed by atoms with E-state index in [1.807, 2.05) is 0 Å². The standard InChI is InChI=1S/C10H12N2O14S2.6Na/c13-7-3-5(27(17,18)19)9(15)25-12-2-1-11(23-7)24-8(14)4-6(10(16)26-12)28(20,21)22;;;;;;/h5-6H,1-4H2,(H,17,18,19)(H,20,21,22);;;;;;. The molecule has 2 unspecified atom stereocenters. The Labute approximate surface area is 326 Å². The summed E-state index contributed by atoms with van der Waals surface area (Å²) < 4.78 is 63.3. The van der Waals surface area contributed by atoms with Crippen LogP contribution < -0.4 is 0 Å². The van der Waals surface area contributed by atoms with Crippen LogP contribution in [0.2, 0.25) is 0 Å². The molecule has 0 aliphatic carbocycles. The van der Waals surface area contributed by atoms with Crippen molar-refractivity contribution in [3.63, 3.8) is 0 Å². The molecule has 0 aromatic heterocycles. The normalized spacial score (nSPS) is 25.1. The molecule has 0 aromatic rings. The fourth-order valence-corrected chi connectivity index (χ4v) is 3.19. The van der Waals surface area contributed by atoms with Gasteiger partial charge in [0.1, 0.15) is 0 Å². The van der Waals surface area contributed by atoms with Crippen LogP contribution in [0.1, 0.15) is 12.8 Å². The van der Waals surface area contributed by atoms with Crippen LogP contribution in [-0.4, -0.2) is 261 Å². The Bertz CT molecular complexity index is 848. The molecule has 2 fully saturated rings. The number of carbonyl (C=O) groups excluding carboxylic acids is 4. The minimum Gasteiger partial charge on any atom is -0.333 e. The molecular formula is C10H12N2Na6O14S2. The van der Waals surface area contributed by atoms with Crippen LogP contribution >= 0.6 is 0 Å². The summed E-state index contributed by atoms with van der Waals surface area (Å²) in [5.41, 5.74) is 0. The predicted octanol–water partition coefficient (Wildman–Crippen LogP) is -5.54. The Balaban J connectivity index is -0.000000467. The van der Waals surface area contributed by atoms with Crippen LogP contribution in [0.5, 0.6) is 0 Å². The van der Waals surface area contributed by atoms with E-state index in [1.54, 1.807) is 0 Å². The zero-order valence-corrected chi connectivity index (χ0v) is 33.1. The Morgan fingerprint density at radius 2 is 0.853 bits per heavy atom. The molecule has 2 heterocycles. The van der Waals surface area contributed by atoms with Crippen LogP contribution in [0.3, 0.4) is 0 Å². The third kappa shape index (κ3) is 15.4. The van der Waals surface area contributed by atoms with Gasteiger partial charge in [0.25, 0.3) is 20.2 Å². The third-order valence-electron chi connectivity index (χ3n) is 3.21. The van der Waals surface area contributed by atoms with Gasteiger partial charge >= 0.3 is 23.9 Å². The van der Waals surface area contributed by atoms with E-state index < -0.39 is 80.5 Å². The van der Waals surface area contributed by atoms with E-state index >= 15 is 0 Å². The molecule has 0 amide bonds. The first-order chi connectivity index (χ1) is 12.8. The second kappa shape index (κ2) is 20.5. The summed E-state index contributed by atoms with van der Waals surface area (Å²) in [6, 6.07) is 0. The Morgan fingerprint density at radius 1 is 0.588 bits per heavy atom. The van der Waals surface area contributed by atoms with Crippen molar-refractivity contribution in [2.45, 2.75) is 23.3 Å². The average Bonchev–Trinajstić information content (AvgIpc) is 2.51. The van der Waals surface area contributed by atoms with Gasteiger partial charge in [0.15, 0.2) is 10.5 Å². The summed E-state index contributed by atoms with van der Waals surface area (Å²) in [5, 5.41) is -4.82. The monoisotopic (exact) mass is 586 g/mol. The minimum absolute atomic E-state index is 0. The smallest absolute Gasteiger partial charge is 0.333 e. The second-order valence-corrected chi connectivity index (χ2v) is 8.47. The van der Waals surface area contributed by atoms with E-state index in [-0.39, 0.29) is 188 Å². The third-order valence-corrected chi connectivity index (χ3v) is 5.36. The van der Waals surface area contributed by atoms with Gasteiger partial charge in [0.05, 0.1) is 25.9 Å². The van der Waals surface area contributed by atoms with Crippen molar-refractivity contribution in [2.75, 3.05) is 13.1 Å². The van der Waals surface area contributed by atoms with Crippen molar-refractivity contribution >= 4 is 221 Å². The SMILES string of the molecule is O=C1CC(S(=O)(=O)O)C(=O)ON2CCN(O1)OC(=O)CC(S(=O)(=O)O)C(=O)O2.[Na].[Na].[Na].[Na].[Na].[Na]. The fourth-order valence-electron chi connectivity index (χ4n) is 1.93. The van der Waals surface area contributed by atoms with Gasteiger partial charge in [-0.2, -0.15) is 16.8 Å². The maximum atomic E-state index is 11.9. The number of carbonyl (C=O) groups is 4. The van der Waals surface area contributed by atoms with E-state index in [4.69, 9.17) is 9.11 Å². The van der Waals surface area contributed by atoms with Crippen molar-refractivity contribution < 1.29 is 64.5 Å². The average molecular weight is 586 g/mol. The van der Waals surface area contributed by atoms with Gasteiger partial charge in [-0.1, -0.05) is 0 Å². The van der Waals surface area contributed by atoms with E-state index in [9.17, 15) is 36.0 Å². The minimum atomic E-state index is -5.19. The zero-order chi connectivity index (χ0) is 21.3. The molecule has 2 rings (SSSR count). The van der Waals surface area contributed by atoms with Crippen molar-refractivity contribution in [2.24, 2.45) is 0 Å². The van der Waals surface area contributed by atoms with Crippen LogP contribution in [0.15, 0.2) is 0 Å². The van der Waals surface area contributed by atoms with E-state index in [0.717, 1.165) is 0 Å². The number of nitrogens with zero attached hydrogens (tertiary/aromatic N) is 2. The Morgan fingerprint density at radius 3 is 1.12 bits per heavy atom. The molecule has 16 nitrogen and oxygen atoms in total. The summed E-state index contributed by atoms with van der Waals surface area (Å²) >= 11 is 0. The van der Waals surface area contributed by atoms with Gasteiger partial charge in [-0.25, -0.2) is 9.59 Å². The molecule has 2 N–H and O–H groups in total. The summed E-state index contributed by atoms with van der Waals surface area (Å²) in [5.74, 6) is -6.42. The van der Waals surface area contributed by atoms with Crippen molar-refractivity contribution in [1.82, 2.24) is 10.5 Å². The predicted molar refractivity (Wildman–Crippen MR) is 112 cm³/mol. The maximum Gasteiger partial charge on any atom is 0.350 e.